The summed E-state index contributed by atoms with van der Waals surface area (Å²) in [5.74, 6) is -0.517. The number of nitrogens with one attached hydrogen (secondary N) is 1. The third kappa shape index (κ3) is 3.42. The van der Waals surface area contributed by atoms with Gasteiger partial charge < -0.3 is 10.2 Å². The van der Waals surface area contributed by atoms with Crippen LogP contribution in [-0.2, 0) is 0 Å². The number of phenolic OH excluding ortho intramolecular Hbond substituents is 2. The number of carbonyl (C=O) groups excluding carboxylic acids is 1. The molecule has 6 heteroatoms. The normalized spacial score (nSPS) is 11.5. The van der Waals surface area contributed by atoms with E-state index in [2.05, 4.69) is 15.5 Å². The van der Waals surface area contributed by atoms with E-state index in [0.717, 1.165) is 16.6 Å². The number of hydrogen-bond acceptors (Lipinski definition) is 5. The van der Waals surface area contributed by atoms with Gasteiger partial charge in [-0.3, -0.25) is 9.78 Å². The molecule has 1 aromatic heterocycles. The van der Waals surface area contributed by atoms with Crippen LogP contribution in [0.2, 0.25) is 0 Å². The number of fused-ring (bicyclic) bond motifs is 1. The first kappa shape index (κ1) is 16.4. The molecular formula is C19H17N3O3. The molecule has 0 aliphatic heterocycles. The quantitative estimate of drug-likeness (QED) is 0.506. The van der Waals surface area contributed by atoms with Crippen LogP contribution in [0.15, 0.2) is 53.6 Å². The van der Waals surface area contributed by atoms with Crippen molar-refractivity contribution in [3.05, 3.63) is 65.4 Å². The Balaban J connectivity index is 1.90. The molecule has 2 aromatic carbocycles. The number of rotatable bonds is 3. The summed E-state index contributed by atoms with van der Waals surface area (Å²) in [6.45, 7) is 3.48. The predicted octanol–water partition coefficient (Wildman–Crippen LogP) is 3.11. The van der Waals surface area contributed by atoms with Crippen LogP contribution < -0.4 is 5.43 Å². The van der Waals surface area contributed by atoms with E-state index < -0.39 is 0 Å². The molecule has 0 spiro atoms. The Bertz CT molecular complexity index is 996. The van der Waals surface area contributed by atoms with Gasteiger partial charge in [-0.15, -0.1) is 0 Å². The summed E-state index contributed by atoms with van der Waals surface area (Å²) >= 11 is 0. The number of phenols is 2. The minimum absolute atomic E-state index is 0.0446. The third-order valence-corrected chi connectivity index (χ3v) is 3.79. The Labute approximate surface area is 144 Å². The van der Waals surface area contributed by atoms with Gasteiger partial charge in [0.15, 0.2) is 0 Å². The number of carbonyl (C=O) groups is 1. The molecule has 6 nitrogen and oxygen atoms in total. The third-order valence-electron chi connectivity index (χ3n) is 3.79. The van der Waals surface area contributed by atoms with E-state index in [1.54, 1.807) is 13.0 Å². The van der Waals surface area contributed by atoms with Crippen molar-refractivity contribution in [3.8, 4) is 11.5 Å². The first-order chi connectivity index (χ1) is 12.0. The number of benzene rings is 2. The standard InChI is InChI=1S/C19H17N3O3/c1-11-9-16(15-5-3-4-6-17(15)20-11)19(25)22-21-12(2)14-8-7-13(23)10-18(14)24/h3-10,23-24H,1-2H3,(H,22,25). The number of amides is 1. The number of nitrogens with zero attached hydrogens (tertiary/aromatic N) is 2. The van der Waals surface area contributed by atoms with Crippen LogP contribution in [0.25, 0.3) is 10.9 Å². The van der Waals surface area contributed by atoms with Crippen molar-refractivity contribution >= 4 is 22.5 Å². The van der Waals surface area contributed by atoms with Crippen molar-refractivity contribution in [1.82, 2.24) is 10.4 Å². The molecule has 0 aliphatic rings. The molecule has 0 unspecified atom stereocenters. The lowest BCUT2D eigenvalue weighted by molar-refractivity contribution is 0.0956. The molecule has 1 amide bonds. The van der Waals surface area contributed by atoms with Gasteiger partial charge in [0.25, 0.3) is 5.91 Å². The molecular weight excluding hydrogens is 318 g/mol. The second-order valence-corrected chi connectivity index (χ2v) is 5.67. The first-order valence-corrected chi connectivity index (χ1v) is 7.69. The van der Waals surface area contributed by atoms with Crippen molar-refractivity contribution in [2.75, 3.05) is 0 Å². The van der Waals surface area contributed by atoms with Crippen LogP contribution in [0.5, 0.6) is 11.5 Å². The molecule has 3 N–H and O–H groups in total. The lowest BCUT2D eigenvalue weighted by Crippen LogP contribution is -2.20. The molecule has 0 aliphatic carbocycles. The summed E-state index contributed by atoms with van der Waals surface area (Å²) in [7, 11) is 0. The maximum Gasteiger partial charge on any atom is 0.272 e. The minimum atomic E-state index is -0.362. The highest BCUT2D eigenvalue weighted by molar-refractivity contribution is 6.07. The van der Waals surface area contributed by atoms with Gasteiger partial charge in [-0.25, -0.2) is 5.43 Å². The molecule has 0 fully saturated rings. The van der Waals surface area contributed by atoms with E-state index in [4.69, 9.17) is 0 Å². The van der Waals surface area contributed by atoms with Crippen molar-refractivity contribution in [1.29, 1.82) is 0 Å². The van der Waals surface area contributed by atoms with Crippen molar-refractivity contribution in [3.63, 3.8) is 0 Å². The topological polar surface area (TPSA) is 94.8 Å². The number of aryl methyl sites for hydroxylation is 1. The summed E-state index contributed by atoms with van der Waals surface area (Å²) in [6.07, 6.45) is 0. The van der Waals surface area contributed by atoms with Gasteiger partial charge in [-0.1, -0.05) is 18.2 Å². The van der Waals surface area contributed by atoms with Gasteiger partial charge in [0, 0.05) is 22.7 Å². The number of pyridine rings is 1. The van der Waals surface area contributed by atoms with Crippen LogP contribution in [0, 0.1) is 6.92 Å². The van der Waals surface area contributed by atoms with E-state index in [1.165, 1.54) is 18.2 Å². The lowest BCUT2D eigenvalue weighted by Gasteiger charge is -2.08. The maximum atomic E-state index is 12.5. The van der Waals surface area contributed by atoms with Crippen LogP contribution in [0.1, 0.15) is 28.5 Å². The number of para-hydroxylation sites is 1. The molecule has 1 heterocycles. The fourth-order valence-corrected chi connectivity index (χ4v) is 2.58. The molecule has 3 rings (SSSR count). The maximum absolute atomic E-state index is 12.5. The fraction of sp³-hybridized carbons (Fsp3) is 0.105. The molecule has 0 radical (unpaired) electrons. The van der Waals surface area contributed by atoms with Crippen molar-refractivity contribution in [2.45, 2.75) is 13.8 Å². The molecule has 0 saturated carbocycles. The molecule has 0 bridgehead atoms. The van der Waals surface area contributed by atoms with E-state index in [0.29, 0.717) is 16.8 Å². The number of hydrogen-bond donors (Lipinski definition) is 3. The van der Waals surface area contributed by atoms with Gasteiger partial charge in [0.05, 0.1) is 16.8 Å². The lowest BCUT2D eigenvalue weighted by atomic mass is 10.1. The van der Waals surface area contributed by atoms with Gasteiger partial charge in [0.1, 0.15) is 11.5 Å². The monoisotopic (exact) mass is 335 g/mol. The predicted molar refractivity (Wildman–Crippen MR) is 95.9 cm³/mol. The summed E-state index contributed by atoms with van der Waals surface area (Å²) in [6, 6.07) is 13.3. The minimum Gasteiger partial charge on any atom is -0.508 e. The highest BCUT2D eigenvalue weighted by Crippen LogP contribution is 2.23. The number of aromatic nitrogens is 1. The fourth-order valence-electron chi connectivity index (χ4n) is 2.58. The van der Waals surface area contributed by atoms with E-state index in [-0.39, 0.29) is 17.4 Å². The van der Waals surface area contributed by atoms with Gasteiger partial charge >= 0.3 is 0 Å². The highest BCUT2D eigenvalue weighted by Gasteiger charge is 2.12. The van der Waals surface area contributed by atoms with Crippen LogP contribution in [-0.4, -0.2) is 26.8 Å². The zero-order chi connectivity index (χ0) is 18.0. The molecule has 25 heavy (non-hydrogen) atoms. The Morgan fingerprint density at radius 1 is 1.08 bits per heavy atom. The second-order valence-electron chi connectivity index (χ2n) is 5.67. The SMILES string of the molecule is CC(=NNC(=O)c1cc(C)nc2ccccc12)c1ccc(O)cc1O. The Morgan fingerprint density at radius 2 is 1.84 bits per heavy atom. The summed E-state index contributed by atoms with van der Waals surface area (Å²) in [5, 5.41) is 24.0. The molecule has 0 atom stereocenters. The average molecular weight is 335 g/mol. The van der Waals surface area contributed by atoms with E-state index in [1.807, 2.05) is 31.2 Å². The highest BCUT2D eigenvalue weighted by atomic mass is 16.3. The van der Waals surface area contributed by atoms with Gasteiger partial charge in [0.2, 0.25) is 0 Å². The van der Waals surface area contributed by atoms with E-state index >= 15 is 0 Å². The zero-order valence-corrected chi connectivity index (χ0v) is 13.8. The number of hydrazone groups is 1. The zero-order valence-electron chi connectivity index (χ0n) is 13.8. The Hall–Kier alpha value is -3.41. The van der Waals surface area contributed by atoms with Gasteiger partial charge in [-0.05, 0) is 38.1 Å². The Morgan fingerprint density at radius 3 is 2.60 bits per heavy atom. The van der Waals surface area contributed by atoms with Crippen molar-refractivity contribution < 1.29 is 15.0 Å². The molecule has 3 aromatic rings. The Kier molecular flexibility index (Phi) is 4.35. The van der Waals surface area contributed by atoms with Crippen LogP contribution in [0.3, 0.4) is 0 Å². The summed E-state index contributed by atoms with van der Waals surface area (Å²) in [5.41, 5.74) is 5.31. The number of aromatic hydroxyl groups is 2. The second kappa shape index (κ2) is 6.60. The van der Waals surface area contributed by atoms with E-state index in [9.17, 15) is 15.0 Å². The smallest absolute Gasteiger partial charge is 0.272 e. The van der Waals surface area contributed by atoms with Crippen LogP contribution >= 0.6 is 0 Å². The summed E-state index contributed by atoms with van der Waals surface area (Å²) in [4.78, 5) is 16.9. The average Bonchev–Trinajstić information content (AvgIpc) is 2.58. The molecule has 0 saturated heterocycles. The van der Waals surface area contributed by atoms with Crippen molar-refractivity contribution in [2.24, 2.45) is 5.10 Å². The first-order valence-electron chi connectivity index (χ1n) is 7.69. The largest absolute Gasteiger partial charge is 0.508 e. The van der Waals surface area contributed by atoms with Crippen LogP contribution in [0.4, 0.5) is 0 Å². The molecule has 126 valence electrons. The van der Waals surface area contributed by atoms with Gasteiger partial charge in [-0.2, -0.15) is 5.10 Å². The summed E-state index contributed by atoms with van der Waals surface area (Å²) < 4.78 is 0.